The molecule has 1 amide bonds. The largest absolute Gasteiger partial charge is 0.480 e. The Labute approximate surface area is 180 Å². The van der Waals surface area contributed by atoms with Gasteiger partial charge in [-0.1, -0.05) is 29.3 Å². The van der Waals surface area contributed by atoms with Gasteiger partial charge in [0.05, 0.1) is 5.02 Å². The quantitative estimate of drug-likeness (QED) is 0.254. The molecule has 30 heavy (non-hydrogen) atoms. The Morgan fingerprint density at radius 3 is 2.70 bits per heavy atom. The van der Waals surface area contributed by atoms with Crippen LogP contribution in [0.5, 0.6) is 11.5 Å². The van der Waals surface area contributed by atoms with Crippen LogP contribution in [-0.2, 0) is 4.79 Å². The van der Waals surface area contributed by atoms with Crippen molar-refractivity contribution in [2.75, 3.05) is 13.2 Å². The van der Waals surface area contributed by atoms with Crippen molar-refractivity contribution in [3.05, 3.63) is 81.1 Å². The van der Waals surface area contributed by atoms with Crippen molar-refractivity contribution in [1.29, 1.82) is 0 Å². The number of fused-ring (bicyclic) bond motifs is 1. The van der Waals surface area contributed by atoms with Crippen molar-refractivity contribution in [2.24, 2.45) is 0 Å². The standard InChI is InChI=1S/C21H15Cl2NO6/c1-2-7-24-20(26)15-8-12-3-5-14(10-17(12)30-21(15)27)29-19(25)11-28-18-9-13(22)4-6-16(18)23/h2-6,8-10H,1,7,11H2,(H,24,26). The number of carbonyl (C=O) groups excluding carboxylic acids is 2. The van der Waals surface area contributed by atoms with Crippen LogP contribution in [-0.4, -0.2) is 25.0 Å². The molecular weight excluding hydrogens is 433 g/mol. The topological polar surface area (TPSA) is 94.8 Å². The average molecular weight is 448 g/mol. The van der Waals surface area contributed by atoms with Gasteiger partial charge in [-0.05, 0) is 30.3 Å². The molecule has 0 atom stereocenters. The Morgan fingerprint density at radius 1 is 1.13 bits per heavy atom. The van der Waals surface area contributed by atoms with Crippen LogP contribution in [0.15, 0.2) is 64.3 Å². The van der Waals surface area contributed by atoms with E-state index in [2.05, 4.69) is 11.9 Å². The molecule has 3 rings (SSSR count). The third kappa shape index (κ3) is 5.20. The lowest BCUT2D eigenvalue weighted by Crippen LogP contribution is -2.28. The predicted octanol–water partition coefficient (Wildman–Crippen LogP) is 4.00. The highest BCUT2D eigenvalue weighted by molar-refractivity contribution is 6.34. The van der Waals surface area contributed by atoms with Crippen molar-refractivity contribution in [1.82, 2.24) is 5.32 Å². The van der Waals surface area contributed by atoms with Crippen LogP contribution in [0.25, 0.3) is 11.0 Å². The molecule has 1 heterocycles. The molecule has 0 aliphatic rings. The summed E-state index contributed by atoms with van der Waals surface area (Å²) in [6.45, 7) is 3.30. The second-order valence-corrected chi connectivity index (χ2v) is 6.83. The van der Waals surface area contributed by atoms with E-state index in [1.807, 2.05) is 0 Å². The third-order valence-electron chi connectivity index (χ3n) is 3.83. The first-order valence-electron chi connectivity index (χ1n) is 8.63. The molecule has 0 fully saturated rings. The highest BCUT2D eigenvalue weighted by Gasteiger charge is 2.14. The zero-order valence-corrected chi connectivity index (χ0v) is 17.0. The van der Waals surface area contributed by atoms with Crippen LogP contribution in [0.3, 0.4) is 0 Å². The summed E-state index contributed by atoms with van der Waals surface area (Å²) in [7, 11) is 0. The molecule has 0 aliphatic carbocycles. The third-order valence-corrected chi connectivity index (χ3v) is 4.38. The minimum atomic E-state index is -0.813. The van der Waals surface area contributed by atoms with Gasteiger partial charge in [0.1, 0.15) is 22.6 Å². The van der Waals surface area contributed by atoms with Crippen molar-refractivity contribution in [3.63, 3.8) is 0 Å². The molecule has 154 valence electrons. The minimum Gasteiger partial charge on any atom is -0.480 e. The van der Waals surface area contributed by atoms with Crippen LogP contribution in [0, 0.1) is 0 Å². The molecule has 0 unspecified atom stereocenters. The van der Waals surface area contributed by atoms with Crippen LogP contribution in [0.2, 0.25) is 10.0 Å². The second-order valence-electron chi connectivity index (χ2n) is 5.98. The van der Waals surface area contributed by atoms with E-state index in [-0.39, 0.29) is 29.2 Å². The highest BCUT2D eigenvalue weighted by atomic mass is 35.5. The van der Waals surface area contributed by atoms with E-state index < -0.39 is 24.1 Å². The molecule has 1 N–H and O–H groups in total. The first-order chi connectivity index (χ1) is 14.4. The fourth-order valence-electron chi connectivity index (χ4n) is 2.46. The minimum absolute atomic E-state index is 0.138. The molecule has 1 aromatic heterocycles. The van der Waals surface area contributed by atoms with E-state index in [1.165, 1.54) is 30.3 Å². The van der Waals surface area contributed by atoms with Crippen LogP contribution in [0.1, 0.15) is 10.4 Å². The lowest BCUT2D eigenvalue weighted by Gasteiger charge is -2.09. The number of esters is 1. The summed E-state index contributed by atoms with van der Waals surface area (Å²) < 4.78 is 15.7. The van der Waals surface area contributed by atoms with Gasteiger partial charge in [-0.2, -0.15) is 0 Å². The van der Waals surface area contributed by atoms with E-state index in [9.17, 15) is 14.4 Å². The zero-order chi connectivity index (χ0) is 21.7. The average Bonchev–Trinajstić information content (AvgIpc) is 2.72. The first kappa shape index (κ1) is 21.4. The van der Waals surface area contributed by atoms with E-state index in [4.69, 9.17) is 37.1 Å². The number of benzene rings is 2. The van der Waals surface area contributed by atoms with Crippen LogP contribution < -0.4 is 20.4 Å². The summed E-state index contributed by atoms with van der Waals surface area (Å²) in [6.07, 6.45) is 1.49. The fraction of sp³-hybridized carbons (Fsp3) is 0.0952. The number of rotatable bonds is 7. The molecule has 0 saturated heterocycles. The smallest absolute Gasteiger partial charge is 0.349 e. The first-order valence-corrected chi connectivity index (χ1v) is 9.38. The monoisotopic (exact) mass is 447 g/mol. The summed E-state index contributed by atoms with van der Waals surface area (Å²) in [5.74, 6) is -0.890. The van der Waals surface area contributed by atoms with Crippen molar-refractivity contribution in [2.45, 2.75) is 0 Å². The van der Waals surface area contributed by atoms with Gasteiger partial charge in [-0.3, -0.25) is 4.79 Å². The Bertz CT molecular complexity index is 1190. The molecular formula is C21H15Cl2NO6. The Morgan fingerprint density at radius 2 is 1.93 bits per heavy atom. The van der Waals surface area contributed by atoms with E-state index in [0.29, 0.717) is 15.4 Å². The molecule has 7 nitrogen and oxygen atoms in total. The Hall–Kier alpha value is -3.29. The molecule has 0 bridgehead atoms. The Kier molecular flexibility index (Phi) is 6.76. The van der Waals surface area contributed by atoms with Crippen LogP contribution >= 0.6 is 23.2 Å². The molecule has 0 saturated carbocycles. The second kappa shape index (κ2) is 9.47. The maximum atomic E-state index is 12.1. The SMILES string of the molecule is C=CCNC(=O)c1cc2ccc(OC(=O)COc3cc(Cl)ccc3Cl)cc2oc1=O. The molecule has 2 aromatic carbocycles. The summed E-state index contributed by atoms with van der Waals surface area (Å²) in [6, 6.07) is 10.4. The van der Waals surface area contributed by atoms with E-state index >= 15 is 0 Å². The number of halogens is 2. The number of carbonyl (C=O) groups is 2. The molecule has 0 radical (unpaired) electrons. The van der Waals surface area contributed by atoms with E-state index in [0.717, 1.165) is 0 Å². The van der Waals surface area contributed by atoms with Gasteiger partial charge in [0.15, 0.2) is 6.61 Å². The van der Waals surface area contributed by atoms with Gasteiger partial charge < -0.3 is 19.2 Å². The maximum Gasteiger partial charge on any atom is 0.349 e. The lowest BCUT2D eigenvalue weighted by molar-refractivity contribution is -0.136. The zero-order valence-electron chi connectivity index (χ0n) is 15.4. The van der Waals surface area contributed by atoms with Gasteiger partial charge >= 0.3 is 11.6 Å². The Balaban J connectivity index is 1.71. The normalized spacial score (nSPS) is 10.5. The fourth-order valence-corrected chi connectivity index (χ4v) is 2.79. The van der Waals surface area contributed by atoms with Gasteiger partial charge in [0.2, 0.25) is 0 Å². The maximum absolute atomic E-state index is 12.1. The predicted molar refractivity (Wildman–Crippen MR) is 113 cm³/mol. The number of hydrogen-bond donors (Lipinski definition) is 1. The van der Waals surface area contributed by atoms with E-state index in [1.54, 1.807) is 18.2 Å². The number of amides is 1. The van der Waals surface area contributed by atoms with Crippen LogP contribution in [0.4, 0.5) is 0 Å². The molecule has 0 aliphatic heterocycles. The number of ether oxygens (including phenoxy) is 2. The van der Waals surface area contributed by atoms with Gasteiger partial charge in [-0.15, -0.1) is 6.58 Å². The summed E-state index contributed by atoms with van der Waals surface area (Å²) in [5.41, 5.74) is -0.795. The molecule has 0 spiro atoms. The summed E-state index contributed by atoms with van der Waals surface area (Å²) >= 11 is 11.8. The summed E-state index contributed by atoms with van der Waals surface area (Å²) in [4.78, 5) is 36.1. The van der Waals surface area contributed by atoms with Crippen molar-refractivity contribution in [3.8, 4) is 11.5 Å². The number of hydrogen-bond acceptors (Lipinski definition) is 6. The van der Waals surface area contributed by atoms with Crippen molar-refractivity contribution < 1.29 is 23.5 Å². The van der Waals surface area contributed by atoms with Crippen molar-refractivity contribution >= 4 is 46.0 Å². The van der Waals surface area contributed by atoms with Gasteiger partial charge in [-0.25, -0.2) is 9.59 Å². The molecule has 3 aromatic rings. The van der Waals surface area contributed by atoms with Gasteiger partial charge in [0.25, 0.3) is 5.91 Å². The van der Waals surface area contributed by atoms with Gasteiger partial charge in [0, 0.05) is 29.1 Å². The number of nitrogens with one attached hydrogen (secondary N) is 1. The molecule has 9 heteroatoms. The summed E-state index contributed by atoms with van der Waals surface area (Å²) in [5, 5.41) is 3.70. The highest BCUT2D eigenvalue weighted by Crippen LogP contribution is 2.27. The lowest BCUT2D eigenvalue weighted by atomic mass is 10.1.